The van der Waals surface area contributed by atoms with E-state index < -0.39 is 0 Å². The minimum Gasteiger partial charge on any atom is -0.391 e. The van der Waals surface area contributed by atoms with E-state index in [0.717, 1.165) is 25.2 Å². The Labute approximate surface area is 101 Å². The summed E-state index contributed by atoms with van der Waals surface area (Å²) in [6.45, 7) is 4.74. The Morgan fingerprint density at radius 1 is 1.53 bits per heavy atom. The van der Waals surface area contributed by atoms with Gasteiger partial charge in [0.1, 0.15) is 5.82 Å². The molecule has 0 radical (unpaired) electrons. The van der Waals surface area contributed by atoms with E-state index >= 15 is 0 Å². The normalized spacial score (nSPS) is 19.9. The largest absolute Gasteiger partial charge is 0.391 e. The summed E-state index contributed by atoms with van der Waals surface area (Å²) in [7, 11) is 0. The molecule has 0 saturated carbocycles. The van der Waals surface area contributed by atoms with E-state index in [9.17, 15) is 9.50 Å². The first kappa shape index (κ1) is 12.3. The molecule has 1 aliphatic rings. The van der Waals surface area contributed by atoms with E-state index in [2.05, 4.69) is 10.2 Å². The molecule has 1 fully saturated rings. The van der Waals surface area contributed by atoms with Gasteiger partial charge < -0.3 is 15.3 Å². The van der Waals surface area contributed by atoms with E-state index in [4.69, 9.17) is 0 Å². The maximum absolute atomic E-state index is 13.8. The number of aliphatic hydroxyl groups excluding tert-OH is 1. The van der Waals surface area contributed by atoms with Gasteiger partial charge in [0.2, 0.25) is 0 Å². The number of halogens is 1. The van der Waals surface area contributed by atoms with Crippen LogP contribution in [-0.4, -0.2) is 30.8 Å². The van der Waals surface area contributed by atoms with Crippen molar-refractivity contribution >= 4 is 5.69 Å². The molecule has 0 amide bonds. The van der Waals surface area contributed by atoms with Crippen LogP contribution in [0.15, 0.2) is 18.2 Å². The van der Waals surface area contributed by atoms with Crippen LogP contribution in [0.25, 0.3) is 0 Å². The van der Waals surface area contributed by atoms with Crippen LogP contribution in [0.5, 0.6) is 0 Å². The molecular formula is C13H19FN2O. The van der Waals surface area contributed by atoms with Gasteiger partial charge in [0, 0.05) is 30.9 Å². The fraction of sp³-hybridized carbons (Fsp3) is 0.538. The van der Waals surface area contributed by atoms with Crippen molar-refractivity contribution < 1.29 is 9.50 Å². The van der Waals surface area contributed by atoms with Crippen molar-refractivity contribution in [2.75, 3.05) is 24.5 Å². The zero-order chi connectivity index (χ0) is 12.3. The lowest BCUT2D eigenvalue weighted by Crippen LogP contribution is -2.24. The maximum atomic E-state index is 13.8. The molecule has 4 heteroatoms. The lowest BCUT2D eigenvalue weighted by Gasteiger charge is -2.22. The summed E-state index contributed by atoms with van der Waals surface area (Å²) < 4.78 is 13.8. The molecule has 94 valence electrons. The Morgan fingerprint density at radius 2 is 2.35 bits per heavy atom. The molecule has 0 spiro atoms. The predicted molar refractivity (Wildman–Crippen MR) is 66.6 cm³/mol. The van der Waals surface area contributed by atoms with E-state index in [1.807, 2.05) is 13.0 Å². The van der Waals surface area contributed by atoms with Gasteiger partial charge in [0.15, 0.2) is 0 Å². The minimum atomic E-state index is -0.287. The van der Waals surface area contributed by atoms with Gasteiger partial charge in [-0.15, -0.1) is 0 Å². The zero-order valence-electron chi connectivity index (χ0n) is 10.1. The van der Waals surface area contributed by atoms with Crippen molar-refractivity contribution in [1.82, 2.24) is 5.32 Å². The lowest BCUT2D eigenvalue weighted by atomic mass is 10.1. The smallest absolute Gasteiger partial charge is 0.129 e. The summed E-state index contributed by atoms with van der Waals surface area (Å²) in [4.78, 5) is 2.06. The van der Waals surface area contributed by atoms with Crippen LogP contribution in [0, 0.1) is 5.82 Å². The standard InChI is InChI=1S/C13H19FN2O/c1-2-15-8-11-12(14)4-3-5-13(11)16-7-6-10(17)9-16/h3-5,10,15,17H,2,6-9H2,1H3. The van der Waals surface area contributed by atoms with Gasteiger partial charge in [0.25, 0.3) is 0 Å². The molecule has 1 aromatic carbocycles. The summed E-state index contributed by atoms with van der Waals surface area (Å²) in [5.41, 5.74) is 1.60. The maximum Gasteiger partial charge on any atom is 0.129 e. The molecule has 0 aromatic heterocycles. The topological polar surface area (TPSA) is 35.5 Å². The van der Waals surface area contributed by atoms with E-state index in [1.165, 1.54) is 6.07 Å². The Morgan fingerprint density at radius 3 is 3.00 bits per heavy atom. The first-order valence-electron chi connectivity index (χ1n) is 6.13. The van der Waals surface area contributed by atoms with Gasteiger partial charge in [-0.25, -0.2) is 4.39 Å². The number of nitrogens with one attached hydrogen (secondary N) is 1. The average molecular weight is 238 g/mol. The molecular weight excluding hydrogens is 219 g/mol. The van der Waals surface area contributed by atoms with Gasteiger partial charge in [-0.1, -0.05) is 13.0 Å². The van der Waals surface area contributed by atoms with Crippen LogP contribution in [-0.2, 0) is 6.54 Å². The molecule has 1 heterocycles. The molecule has 17 heavy (non-hydrogen) atoms. The van der Waals surface area contributed by atoms with E-state index in [1.54, 1.807) is 6.07 Å². The Balaban J connectivity index is 2.22. The monoisotopic (exact) mass is 238 g/mol. The SMILES string of the molecule is CCNCc1c(F)cccc1N1CCC(O)C1. The van der Waals surface area contributed by atoms with Crippen LogP contribution in [0.3, 0.4) is 0 Å². The van der Waals surface area contributed by atoms with Crippen LogP contribution < -0.4 is 10.2 Å². The summed E-state index contributed by atoms with van der Waals surface area (Å²) >= 11 is 0. The van der Waals surface area contributed by atoms with Crippen LogP contribution in [0.2, 0.25) is 0 Å². The summed E-state index contributed by atoms with van der Waals surface area (Å²) in [5, 5.41) is 12.7. The molecule has 1 unspecified atom stereocenters. The highest BCUT2D eigenvalue weighted by molar-refractivity contribution is 5.55. The molecule has 3 nitrogen and oxygen atoms in total. The van der Waals surface area contributed by atoms with E-state index in [-0.39, 0.29) is 11.9 Å². The predicted octanol–water partition coefficient (Wildman–Crippen LogP) is 1.51. The molecule has 0 bridgehead atoms. The Hall–Kier alpha value is -1.13. The number of benzene rings is 1. The van der Waals surface area contributed by atoms with Gasteiger partial charge in [-0.05, 0) is 25.1 Å². The minimum absolute atomic E-state index is 0.176. The third-order valence-electron chi connectivity index (χ3n) is 3.15. The average Bonchev–Trinajstić information content (AvgIpc) is 2.74. The number of hydrogen-bond donors (Lipinski definition) is 2. The van der Waals surface area contributed by atoms with Gasteiger partial charge >= 0.3 is 0 Å². The third kappa shape index (κ3) is 2.76. The molecule has 1 aromatic rings. The Bertz CT molecular complexity index is 384. The second kappa shape index (κ2) is 5.47. The van der Waals surface area contributed by atoms with Crippen molar-refractivity contribution in [3.8, 4) is 0 Å². The molecule has 2 N–H and O–H groups in total. The quantitative estimate of drug-likeness (QED) is 0.834. The van der Waals surface area contributed by atoms with Crippen molar-refractivity contribution in [3.63, 3.8) is 0 Å². The second-order valence-corrected chi connectivity index (χ2v) is 4.41. The number of rotatable bonds is 4. The second-order valence-electron chi connectivity index (χ2n) is 4.41. The number of hydrogen-bond acceptors (Lipinski definition) is 3. The fourth-order valence-electron chi connectivity index (χ4n) is 2.23. The number of β-amino-alcohol motifs (C(OH)–C–C–N with tert-alkyl or cyclic N) is 1. The molecule has 2 rings (SSSR count). The summed E-state index contributed by atoms with van der Waals surface area (Å²) in [5.74, 6) is -0.176. The van der Waals surface area contributed by atoms with Crippen LogP contribution in [0.4, 0.5) is 10.1 Å². The highest BCUT2D eigenvalue weighted by atomic mass is 19.1. The van der Waals surface area contributed by atoms with Gasteiger partial charge in [0.05, 0.1) is 6.10 Å². The lowest BCUT2D eigenvalue weighted by molar-refractivity contribution is 0.198. The first-order chi connectivity index (χ1) is 8.22. The van der Waals surface area contributed by atoms with Crippen LogP contribution >= 0.6 is 0 Å². The Kier molecular flexibility index (Phi) is 3.97. The van der Waals surface area contributed by atoms with Crippen molar-refractivity contribution in [2.24, 2.45) is 0 Å². The molecule has 1 atom stereocenters. The number of nitrogens with zero attached hydrogens (tertiary/aromatic N) is 1. The van der Waals surface area contributed by atoms with Crippen molar-refractivity contribution in [2.45, 2.75) is 26.0 Å². The number of anilines is 1. The highest BCUT2D eigenvalue weighted by Gasteiger charge is 2.23. The summed E-state index contributed by atoms with van der Waals surface area (Å²) in [6, 6.07) is 5.14. The fourth-order valence-corrected chi connectivity index (χ4v) is 2.23. The van der Waals surface area contributed by atoms with Crippen LogP contribution in [0.1, 0.15) is 18.9 Å². The molecule has 1 aliphatic heterocycles. The first-order valence-corrected chi connectivity index (χ1v) is 6.13. The van der Waals surface area contributed by atoms with E-state index in [0.29, 0.717) is 18.7 Å². The third-order valence-corrected chi connectivity index (χ3v) is 3.15. The van der Waals surface area contributed by atoms with Crippen molar-refractivity contribution in [1.29, 1.82) is 0 Å². The van der Waals surface area contributed by atoms with Gasteiger partial charge in [-0.3, -0.25) is 0 Å². The van der Waals surface area contributed by atoms with Gasteiger partial charge in [-0.2, -0.15) is 0 Å². The highest BCUT2D eigenvalue weighted by Crippen LogP contribution is 2.26. The molecule has 1 saturated heterocycles. The number of aliphatic hydroxyl groups is 1. The summed E-state index contributed by atoms with van der Waals surface area (Å²) in [6.07, 6.45) is 0.474. The zero-order valence-corrected chi connectivity index (χ0v) is 10.1. The molecule has 0 aliphatic carbocycles. The van der Waals surface area contributed by atoms with Crippen molar-refractivity contribution in [3.05, 3.63) is 29.6 Å².